The Hall–Kier alpha value is -1.68. The van der Waals surface area contributed by atoms with Crippen LogP contribution in [-0.4, -0.2) is 10.9 Å². The lowest BCUT2D eigenvalue weighted by Gasteiger charge is -2.03. The van der Waals surface area contributed by atoms with Crippen LogP contribution in [0.1, 0.15) is 17.7 Å². The van der Waals surface area contributed by atoms with Crippen molar-refractivity contribution in [2.75, 3.05) is 5.32 Å². The number of aromatic nitrogens is 1. The maximum Gasteiger partial charge on any atom is 0.225 e. The minimum atomic E-state index is 0.0280. The lowest BCUT2D eigenvalue weighted by atomic mass is 10.2. The van der Waals surface area contributed by atoms with Gasteiger partial charge in [-0.1, -0.05) is 12.1 Å². The highest BCUT2D eigenvalue weighted by molar-refractivity contribution is 7.09. The number of rotatable bonds is 5. The van der Waals surface area contributed by atoms with Gasteiger partial charge in [-0.2, -0.15) is 0 Å². The Morgan fingerprint density at radius 1 is 1.29 bits per heavy atom. The number of hydrogen-bond acceptors (Lipinski definition) is 3. The van der Waals surface area contributed by atoms with Crippen LogP contribution in [0.2, 0.25) is 0 Å². The number of carbonyl (C=O) groups is 1. The molecule has 0 radical (unpaired) electrons. The molecular weight excluding hydrogens is 232 g/mol. The van der Waals surface area contributed by atoms with E-state index < -0.39 is 0 Å². The Bertz CT molecular complexity index is 454. The standard InChI is InChI=1S/C13H14N2OS/c16-13(15-12-7-1-2-9-14-12)8-3-5-11-6-4-10-17-11/h1-2,4,6-7,9-10H,3,5,8H2,(H,14,15,16). The minimum absolute atomic E-state index is 0.0280. The molecule has 3 nitrogen and oxygen atoms in total. The van der Waals surface area contributed by atoms with Gasteiger partial charge in [0.1, 0.15) is 5.82 Å². The van der Waals surface area contributed by atoms with Crippen molar-refractivity contribution in [3.8, 4) is 0 Å². The van der Waals surface area contributed by atoms with Crippen molar-refractivity contribution in [1.82, 2.24) is 4.98 Å². The first kappa shape index (κ1) is 11.8. The average Bonchev–Trinajstić information content (AvgIpc) is 2.83. The fraction of sp³-hybridized carbons (Fsp3) is 0.231. The SMILES string of the molecule is O=C(CCCc1cccs1)Nc1ccccn1. The molecular formula is C13H14N2OS. The van der Waals surface area contributed by atoms with Crippen LogP contribution < -0.4 is 5.32 Å². The lowest BCUT2D eigenvalue weighted by Crippen LogP contribution is -2.12. The van der Waals surface area contributed by atoms with E-state index in [0.717, 1.165) is 12.8 Å². The lowest BCUT2D eigenvalue weighted by molar-refractivity contribution is -0.116. The maximum atomic E-state index is 11.6. The van der Waals surface area contributed by atoms with Crippen LogP contribution in [0.5, 0.6) is 0 Å². The Labute approximate surface area is 105 Å². The molecule has 0 unspecified atom stereocenters. The van der Waals surface area contributed by atoms with Gasteiger partial charge in [-0.05, 0) is 36.4 Å². The highest BCUT2D eigenvalue weighted by Crippen LogP contribution is 2.12. The van der Waals surface area contributed by atoms with Crippen LogP contribution in [0.3, 0.4) is 0 Å². The number of amides is 1. The van der Waals surface area contributed by atoms with Crippen molar-refractivity contribution < 1.29 is 4.79 Å². The molecule has 2 rings (SSSR count). The van der Waals surface area contributed by atoms with Gasteiger partial charge in [0, 0.05) is 17.5 Å². The van der Waals surface area contributed by atoms with E-state index in [1.54, 1.807) is 23.6 Å². The fourth-order valence-electron chi connectivity index (χ4n) is 1.52. The van der Waals surface area contributed by atoms with Crippen LogP contribution in [0.15, 0.2) is 41.9 Å². The third-order valence-corrected chi connectivity index (χ3v) is 3.28. The van der Waals surface area contributed by atoms with E-state index in [1.165, 1.54) is 4.88 Å². The molecule has 0 spiro atoms. The molecule has 2 aromatic heterocycles. The molecule has 0 saturated carbocycles. The molecule has 88 valence electrons. The van der Waals surface area contributed by atoms with Crippen molar-refractivity contribution in [1.29, 1.82) is 0 Å². The van der Waals surface area contributed by atoms with Gasteiger partial charge in [0.25, 0.3) is 0 Å². The van der Waals surface area contributed by atoms with E-state index in [-0.39, 0.29) is 5.91 Å². The molecule has 1 N–H and O–H groups in total. The van der Waals surface area contributed by atoms with Crippen LogP contribution >= 0.6 is 11.3 Å². The summed E-state index contributed by atoms with van der Waals surface area (Å²) in [5.41, 5.74) is 0. The topological polar surface area (TPSA) is 42.0 Å². The van der Waals surface area contributed by atoms with Gasteiger partial charge >= 0.3 is 0 Å². The molecule has 2 heterocycles. The first-order chi connectivity index (χ1) is 8.34. The van der Waals surface area contributed by atoms with Gasteiger partial charge in [-0.25, -0.2) is 4.98 Å². The molecule has 0 aliphatic carbocycles. The number of nitrogens with zero attached hydrogens (tertiary/aromatic N) is 1. The monoisotopic (exact) mass is 246 g/mol. The number of anilines is 1. The first-order valence-electron chi connectivity index (χ1n) is 5.58. The molecule has 2 aromatic rings. The fourth-order valence-corrected chi connectivity index (χ4v) is 2.27. The van der Waals surface area contributed by atoms with Crippen molar-refractivity contribution >= 4 is 23.1 Å². The molecule has 0 aromatic carbocycles. The molecule has 0 saturated heterocycles. The highest BCUT2D eigenvalue weighted by Gasteiger charge is 2.03. The number of carbonyl (C=O) groups excluding carboxylic acids is 1. The normalized spacial score (nSPS) is 10.1. The molecule has 0 aliphatic heterocycles. The van der Waals surface area contributed by atoms with Gasteiger partial charge < -0.3 is 5.32 Å². The van der Waals surface area contributed by atoms with Crippen LogP contribution in [-0.2, 0) is 11.2 Å². The van der Waals surface area contributed by atoms with Crippen molar-refractivity contribution in [3.05, 3.63) is 46.8 Å². The third kappa shape index (κ3) is 4.00. The Morgan fingerprint density at radius 3 is 2.94 bits per heavy atom. The summed E-state index contributed by atoms with van der Waals surface area (Å²) in [4.78, 5) is 17.0. The van der Waals surface area contributed by atoms with E-state index in [0.29, 0.717) is 12.2 Å². The summed E-state index contributed by atoms with van der Waals surface area (Å²) < 4.78 is 0. The van der Waals surface area contributed by atoms with E-state index in [1.807, 2.05) is 18.2 Å². The molecule has 4 heteroatoms. The molecule has 0 bridgehead atoms. The summed E-state index contributed by atoms with van der Waals surface area (Å²) in [6.07, 6.45) is 4.04. The van der Waals surface area contributed by atoms with Gasteiger partial charge in [0.05, 0.1) is 0 Å². The van der Waals surface area contributed by atoms with Gasteiger partial charge in [0.15, 0.2) is 0 Å². The van der Waals surface area contributed by atoms with Crippen molar-refractivity contribution in [2.45, 2.75) is 19.3 Å². The number of pyridine rings is 1. The Morgan fingerprint density at radius 2 is 2.24 bits per heavy atom. The second kappa shape index (κ2) is 6.15. The van der Waals surface area contributed by atoms with Crippen LogP contribution in [0.4, 0.5) is 5.82 Å². The predicted octanol–water partition coefficient (Wildman–Crippen LogP) is 3.10. The second-order valence-electron chi connectivity index (χ2n) is 3.70. The Kier molecular flexibility index (Phi) is 4.27. The van der Waals surface area contributed by atoms with Crippen molar-refractivity contribution in [2.24, 2.45) is 0 Å². The van der Waals surface area contributed by atoms with E-state index in [9.17, 15) is 4.79 Å². The number of thiophene rings is 1. The van der Waals surface area contributed by atoms with E-state index >= 15 is 0 Å². The molecule has 0 aliphatic rings. The zero-order chi connectivity index (χ0) is 11.9. The van der Waals surface area contributed by atoms with E-state index in [4.69, 9.17) is 0 Å². The van der Waals surface area contributed by atoms with Gasteiger partial charge in [-0.3, -0.25) is 4.79 Å². The van der Waals surface area contributed by atoms with Gasteiger partial charge in [-0.15, -0.1) is 11.3 Å². The summed E-state index contributed by atoms with van der Waals surface area (Å²) in [6.45, 7) is 0. The summed E-state index contributed by atoms with van der Waals surface area (Å²) in [5.74, 6) is 0.647. The summed E-state index contributed by atoms with van der Waals surface area (Å²) in [5, 5.41) is 4.83. The molecule has 0 atom stereocenters. The zero-order valence-corrected chi connectivity index (χ0v) is 10.2. The Balaban J connectivity index is 1.71. The van der Waals surface area contributed by atoms with Crippen LogP contribution in [0, 0.1) is 0 Å². The van der Waals surface area contributed by atoms with E-state index in [2.05, 4.69) is 21.7 Å². The molecule has 1 amide bonds. The average molecular weight is 246 g/mol. The highest BCUT2D eigenvalue weighted by atomic mass is 32.1. The number of aryl methyl sites for hydroxylation is 1. The van der Waals surface area contributed by atoms with Crippen LogP contribution in [0.25, 0.3) is 0 Å². The first-order valence-corrected chi connectivity index (χ1v) is 6.46. The molecule has 17 heavy (non-hydrogen) atoms. The maximum absolute atomic E-state index is 11.6. The summed E-state index contributed by atoms with van der Waals surface area (Å²) in [7, 11) is 0. The quantitative estimate of drug-likeness (QED) is 0.880. The summed E-state index contributed by atoms with van der Waals surface area (Å²) >= 11 is 1.73. The van der Waals surface area contributed by atoms with Crippen molar-refractivity contribution in [3.63, 3.8) is 0 Å². The number of hydrogen-bond donors (Lipinski definition) is 1. The third-order valence-electron chi connectivity index (χ3n) is 2.34. The smallest absolute Gasteiger partial charge is 0.225 e. The largest absolute Gasteiger partial charge is 0.311 e. The minimum Gasteiger partial charge on any atom is -0.311 e. The zero-order valence-electron chi connectivity index (χ0n) is 9.43. The summed E-state index contributed by atoms with van der Waals surface area (Å²) in [6, 6.07) is 9.60. The number of nitrogens with one attached hydrogen (secondary N) is 1. The molecule has 0 fully saturated rings. The second-order valence-corrected chi connectivity index (χ2v) is 4.73. The predicted molar refractivity (Wildman–Crippen MR) is 70.1 cm³/mol. The van der Waals surface area contributed by atoms with Gasteiger partial charge in [0.2, 0.25) is 5.91 Å².